The summed E-state index contributed by atoms with van der Waals surface area (Å²) in [7, 11) is -2.89. The summed E-state index contributed by atoms with van der Waals surface area (Å²) in [5.41, 5.74) is 0.685. The number of hydrogen-bond acceptors (Lipinski definition) is 4. The number of benzene rings is 1. The van der Waals surface area contributed by atoms with Crippen molar-refractivity contribution in [3.8, 4) is 5.75 Å². The number of sulfone groups is 1. The maximum atomic E-state index is 11.6. The lowest BCUT2D eigenvalue weighted by atomic mass is 10.0. The summed E-state index contributed by atoms with van der Waals surface area (Å²) in [6, 6.07) is 7.77. The van der Waals surface area contributed by atoms with Crippen molar-refractivity contribution in [1.82, 2.24) is 5.32 Å². The van der Waals surface area contributed by atoms with Crippen LogP contribution in [0.3, 0.4) is 0 Å². The fourth-order valence-corrected chi connectivity index (χ4v) is 4.52. The lowest BCUT2D eigenvalue weighted by Gasteiger charge is -2.24. The predicted molar refractivity (Wildman–Crippen MR) is 80.6 cm³/mol. The van der Waals surface area contributed by atoms with E-state index in [2.05, 4.69) is 11.9 Å². The molecule has 1 unspecified atom stereocenters. The van der Waals surface area contributed by atoms with E-state index in [1.54, 1.807) is 6.08 Å². The van der Waals surface area contributed by atoms with E-state index in [1.165, 1.54) is 0 Å². The Balaban J connectivity index is 2.02. The highest BCUT2D eigenvalue weighted by molar-refractivity contribution is 7.91. The Morgan fingerprint density at radius 1 is 1.45 bits per heavy atom. The van der Waals surface area contributed by atoms with Gasteiger partial charge in [0.1, 0.15) is 12.4 Å². The zero-order chi connectivity index (χ0) is 14.6. The average Bonchev–Trinajstić information content (AvgIpc) is 2.69. The molecule has 0 spiro atoms. The quantitative estimate of drug-likeness (QED) is 0.815. The highest BCUT2D eigenvalue weighted by Gasteiger charge is 2.37. The van der Waals surface area contributed by atoms with E-state index in [0.29, 0.717) is 19.6 Å². The predicted octanol–water partition coefficient (Wildman–Crippen LogP) is 1.92. The van der Waals surface area contributed by atoms with E-state index in [9.17, 15) is 8.42 Å². The van der Waals surface area contributed by atoms with Gasteiger partial charge >= 0.3 is 0 Å². The fourth-order valence-electron chi connectivity index (χ4n) is 2.40. The average molecular weight is 295 g/mol. The lowest BCUT2D eigenvalue weighted by molar-refractivity contribution is 0.349. The van der Waals surface area contributed by atoms with Gasteiger partial charge in [-0.2, -0.15) is 0 Å². The molecule has 0 saturated carbocycles. The molecule has 0 aromatic heterocycles. The van der Waals surface area contributed by atoms with Crippen molar-refractivity contribution in [3.05, 3.63) is 42.5 Å². The fraction of sp³-hybridized carbons (Fsp3) is 0.467. The lowest BCUT2D eigenvalue weighted by Crippen LogP contribution is -2.42. The third kappa shape index (κ3) is 3.84. The van der Waals surface area contributed by atoms with Crippen LogP contribution in [0.4, 0.5) is 0 Å². The minimum absolute atomic E-state index is 0.204. The van der Waals surface area contributed by atoms with Gasteiger partial charge in [-0.05, 0) is 19.4 Å². The van der Waals surface area contributed by atoms with E-state index >= 15 is 0 Å². The van der Waals surface area contributed by atoms with E-state index in [0.717, 1.165) is 11.3 Å². The molecule has 1 aliphatic rings. The first-order valence-corrected chi connectivity index (χ1v) is 8.53. The zero-order valence-corrected chi connectivity index (χ0v) is 12.6. The molecule has 5 heteroatoms. The van der Waals surface area contributed by atoms with Crippen molar-refractivity contribution in [3.63, 3.8) is 0 Å². The smallest absolute Gasteiger partial charge is 0.152 e. The standard InChI is InChI=1S/C15H21NO3S/c1-3-9-19-14-7-5-4-6-13(14)11-16-15(2)8-10-20(17,18)12-15/h3-7,16H,1,8-12H2,2H3. The summed E-state index contributed by atoms with van der Waals surface area (Å²) in [5.74, 6) is 1.28. The summed E-state index contributed by atoms with van der Waals surface area (Å²) in [6.45, 7) is 6.65. The van der Waals surface area contributed by atoms with Crippen LogP contribution in [0.25, 0.3) is 0 Å². The van der Waals surface area contributed by atoms with Crippen LogP contribution in [0.5, 0.6) is 5.75 Å². The van der Waals surface area contributed by atoms with Gasteiger partial charge < -0.3 is 10.1 Å². The van der Waals surface area contributed by atoms with Crippen LogP contribution in [-0.2, 0) is 16.4 Å². The Labute approximate surface area is 120 Å². The monoisotopic (exact) mass is 295 g/mol. The van der Waals surface area contributed by atoms with Gasteiger partial charge in [-0.25, -0.2) is 8.42 Å². The summed E-state index contributed by atoms with van der Waals surface area (Å²) < 4.78 is 28.8. The third-order valence-electron chi connectivity index (χ3n) is 3.54. The van der Waals surface area contributed by atoms with Crippen LogP contribution in [0.2, 0.25) is 0 Å². The van der Waals surface area contributed by atoms with Crippen molar-refractivity contribution in [2.75, 3.05) is 18.1 Å². The first-order chi connectivity index (χ1) is 9.44. The molecule has 1 N–H and O–H groups in total. The molecule has 0 bridgehead atoms. The Morgan fingerprint density at radius 3 is 2.85 bits per heavy atom. The Hall–Kier alpha value is -1.33. The molecule has 4 nitrogen and oxygen atoms in total. The van der Waals surface area contributed by atoms with Crippen LogP contribution >= 0.6 is 0 Å². The number of hydrogen-bond donors (Lipinski definition) is 1. The molecule has 2 rings (SSSR count). The molecule has 1 saturated heterocycles. The maximum Gasteiger partial charge on any atom is 0.152 e. The summed E-state index contributed by atoms with van der Waals surface area (Å²) in [4.78, 5) is 0. The van der Waals surface area contributed by atoms with Gasteiger partial charge in [0.15, 0.2) is 9.84 Å². The molecule has 110 valence electrons. The van der Waals surface area contributed by atoms with Gasteiger partial charge in [0.25, 0.3) is 0 Å². The summed E-state index contributed by atoms with van der Waals surface area (Å²) >= 11 is 0. The van der Waals surface area contributed by atoms with Crippen LogP contribution in [0.1, 0.15) is 18.9 Å². The first kappa shape index (κ1) is 15.1. The maximum absolute atomic E-state index is 11.6. The van der Waals surface area contributed by atoms with Gasteiger partial charge in [0.2, 0.25) is 0 Å². The number of rotatable bonds is 6. The second-order valence-electron chi connectivity index (χ2n) is 5.46. The van der Waals surface area contributed by atoms with E-state index in [-0.39, 0.29) is 17.0 Å². The highest BCUT2D eigenvalue weighted by atomic mass is 32.2. The van der Waals surface area contributed by atoms with Crippen molar-refractivity contribution in [1.29, 1.82) is 0 Å². The second-order valence-corrected chi connectivity index (χ2v) is 7.65. The largest absolute Gasteiger partial charge is 0.489 e. The molecule has 1 aromatic carbocycles. The van der Waals surface area contributed by atoms with Crippen LogP contribution in [0, 0.1) is 0 Å². The van der Waals surface area contributed by atoms with Crippen LogP contribution in [0.15, 0.2) is 36.9 Å². The molecule has 0 aliphatic carbocycles. The van der Waals surface area contributed by atoms with Crippen LogP contribution < -0.4 is 10.1 Å². The topological polar surface area (TPSA) is 55.4 Å². The van der Waals surface area contributed by atoms with Gasteiger partial charge in [0, 0.05) is 17.6 Å². The zero-order valence-electron chi connectivity index (χ0n) is 11.8. The molecule has 0 radical (unpaired) electrons. The molecular formula is C15H21NO3S. The van der Waals surface area contributed by atoms with Crippen molar-refractivity contribution >= 4 is 9.84 Å². The van der Waals surface area contributed by atoms with Crippen molar-refractivity contribution in [2.24, 2.45) is 0 Å². The summed E-state index contributed by atoms with van der Waals surface area (Å²) in [6.07, 6.45) is 2.36. The van der Waals surface area contributed by atoms with Crippen molar-refractivity contribution < 1.29 is 13.2 Å². The van der Waals surface area contributed by atoms with Gasteiger partial charge in [-0.1, -0.05) is 30.9 Å². The molecule has 1 fully saturated rings. The molecule has 1 atom stereocenters. The molecule has 1 aromatic rings. The Bertz CT molecular complexity index is 583. The van der Waals surface area contributed by atoms with E-state index < -0.39 is 9.84 Å². The number of ether oxygens (including phenoxy) is 1. The van der Waals surface area contributed by atoms with E-state index in [4.69, 9.17) is 4.74 Å². The molecular weight excluding hydrogens is 274 g/mol. The molecule has 20 heavy (non-hydrogen) atoms. The molecule has 1 heterocycles. The summed E-state index contributed by atoms with van der Waals surface area (Å²) in [5, 5.41) is 3.36. The molecule has 1 aliphatic heterocycles. The van der Waals surface area contributed by atoms with Gasteiger partial charge in [-0.15, -0.1) is 0 Å². The Kier molecular flexibility index (Phi) is 4.50. The van der Waals surface area contributed by atoms with Gasteiger partial charge in [0.05, 0.1) is 11.5 Å². The minimum atomic E-state index is -2.89. The SMILES string of the molecule is C=CCOc1ccccc1CNC1(C)CCS(=O)(=O)C1. The number of nitrogens with one attached hydrogen (secondary N) is 1. The second kappa shape index (κ2) is 5.97. The minimum Gasteiger partial charge on any atom is -0.489 e. The Morgan fingerprint density at radius 2 is 2.20 bits per heavy atom. The van der Waals surface area contributed by atoms with Crippen LogP contribution in [-0.4, -0.2) is 32.1 Å². The third-order valence-corrected chi connectivity index (χ3v) is 5.44. The highest BCUT2D eigenvalue weighted by Crippen LogP contribution is 2.25. The van der Waals surface area contributed by atoms with Crippen molar-refractivity contribution in [2.45, 2.75) is 25.4 Å². The number of para-hydroxylation sites is 1. The van der Waals surface area contributed by atoms with E-state index in [1.807, 2.05) is 31.2 Å². The van der Waals surface area contributed by atoms with Gasteiger partial charge in [-0.3, -0.25) is 0 Å². The first-order valence-electron chi connectivity index (χ1n) is 6.71. The molecule has 0 amide bonds. The normalized spacial score (nSPS) is 24.4.